The van der Waals surface area contributed by atoms with Crippen LogP contribution in [0.2, 0.25) is 0 Å². The Labute approximate surface area is 160 Å². The van der Waals surface area contributed by atoms with Crippen LogP contribution in [-0.2, 0) is 14.4 Å². The number of hydrogen-bond acceptors (Lipinski definition) is 4. The number of likely N-dealkylation sites (tertiary alicyclic amines) is 1. The molecule has 0 spiro atoms. The van der Waals surface area contributed by atoms with Crippen LogP contribution < -0.4 is 15.6 Å². The third-order valence-electron chi connectivity index (χ3n) is 4.81. The van der Waals surface area contributed by atoms with Gasteiger partial charge in [-0.2, -0.15) is 0 Å². The van der Waals surface area contributed by atoms with Crippen molar-refractivity contribution in [1.29, 1.82) is 0 Å². The molecule has 0 bridgehead atoms. The lowest BCUT2D eigenvalue weighted by molar-refractivity contribution is -0.138. The van der Waals surface area contributed by atoms with E-state index in [1.54, 1.807) is 17.9 Å². The zero-order valence-electron chi connectivity index (χ0n) is 16.3. The third kappa shape index (κ3) is 6.27. The third-order valence-corrected chi connectivity index (χ3v) is 4.81. The fraction of sp³-hybridized carbons (Fsp3) is 0.550. The fourth-order valence-electron chi connectivity index (χ4n) is 2.92. The van der Waals surface area contributed by atoms with Crippen molar-refractivity contribution in [2.24, 2.45) is 0 Å². The van der Waals surface area contributed by atoms with Crippen LogP contribution >= 0.6 is 0 Å². The highest BCUT2D eigenvalue weighted by Crippen LogP contribution is 2.21. The maximum atomic E-state index is 12.2. The molecule has 1 aliphatic heterocycles. The number of carbonyl (C=O) groups excluding carboxylic acids is 3. The maximum Gasteiger partial charge on any atom is 0.279 e. The molecule has 0 aromatic heterocycles. The average molecular weight is 375 g/mol. The van der Waals surface area contributed by atoms with Gasteiger partial charge < -0.3 is 9.64 Å². The van der Waals surface area contributed by atoms with Gasteiger partial charge in [0, 0.05) is 13.0 Å². The van der Waals surface area contributed by atoms with E-state index < -0.39 is 17.9 Å². The van der Waals surface area contributed by atoms with Crippen LogP contribution in [-0.4, -0.2) is 41.8 Å². The lowest BCUT2D eigenvalue weighted by atomic mass is 10.1. The summed E-state index contributed by atoms with van der Waals surface area (Å²) in [7, 11) is 0. The van der Waals surface area contributed by atoms with E-state index in [4.69, 9.17) is 4.74 Å². The molecule has 0 unspecified atom stereocenters. The van der Waals surface area contributed by atoms with E-state index in [0.29, 0.717) is 18.7 Å². The van der Waals surface area contributed by atoms with Gasteiger partial charge in [0.05, 0.1) is 0 Å². The van der Waals surface area contributed by atoms with Crippen LogP contribution in [0.5, 0.6) is 5.75 Å². The molecule has 1 saturated heterocycles. The van der Waals surface area contributed by atoms with Crippen LogP contribution in [0.3, 0.4) is 0 Å². The van der Waals surface area contributed by atoms with Crippen molar-refractivity contribution in [3.05, 3.63) is 29.3 Å². The minimum atomic E-state index is -0.769. The minimum absolute atomic E-state index is 0.0113. The van der Waals surface area contributed by atoms with Crippen molar-refractivity contribution >= 4 is 17.7 Å². The summed E-state index contributed by atoms with van der Waals surface area (Å²) in [5.41, 5.74) is 6.78. The Morgan fingerprint density at radius 3 is 2.67 bits per heavy atom. The van der Waals surface area contributed by atoms with E-state index >= 15 is 0 Å². The molecule has 1 aromatic carbocycles. The Kier molecular flexibility index (Phi) is 7.64. The molecule has 0 radical (unpaired) electrons. The van der Waals surface area contributed by atoms with Gasteiger partial charge in [-0.15, -0.1) is 0 Å². The number of rotatable bonds is 5. The first kappa shape index (κ1) is 20.7. The van der Waals surface area contributed by atoms with E-state index in [2.05, 4.69) is 10.9 Å². The van der Waals surface area contributed by atoms with Gasteiger partial charge in [0.2, 0.25) is 5.91 Å². The van der Waals surface area contributed by atoms with Gasteiger partial charge in [-0.1, -0.05) is 25.0 Å². The largest absolute Gasteiger partial charge is 0.481 e. The average Bonchev–Trinajstić information content (AvgIpc) is 2.63. The van der Waals surface area contributed by atoms with Crippen LogP contribution in [0, 0.1) is 13.8 Å². The summed E-state index contributed by atoms with van der Waals surface area (Å²) in [6.45, 7) is 6.04. The van der Waals surface area contributed by atoms with Gasteiger partial charge in [0.25, 0.3) is 11.8 Å². The van der Waals surface area contributed by atoms with Crippen LogP contribution in [0.15, 0.2) is 18.2 Å². The number of hydrogen-bond donors (Lipinski definition) is 2. The van der Waals surface area contributed by atoms with Gasteiger partial charge in [-0.3, -0.25) is 25.2 Å². The van der Waals surface area contributed by atoms with Gasteiger partial charge in [-0.05, 0) is 50.8 Å². The van der Waals surface area contributed by atoms with Crippen molar-refractivity contribution in [3.63, 3.8) is 0 Å². The topological polar surface area (TPSA) is 87.7 Å². The lowest BCUT2D eigenvalue weighted by Crippen LogP contribution is -2.51. The van der Waals surface area contributed by atoms with Gasteiger partial charge in [0.15, 0.2) is 6.10 Å². The molecule has 2 N–H and O–H groups in total. The predicted octanol–water partition coefficient (Wildman–Crippen LogP) is 2.01. The standard InChI is InChI=1S/C20H29N3O4/c1-14-9-8-10-17(15(14)2)27-16(3)20(26)22-21-18(24)13-23-12-7-5-4-6-11-19(23)25/h8-10,16H,4-7,11-13H2,1-3H3,(H,21,24)(H,22,26)/t16-/m1/s1. The number of nitrogens with zero attached hydrogens (tertiary/aromatic N) is 1. The molecule has 3 amide bonds. The van der Waals surface area contributed by atoms with E-state index in [-0.39, 0.29) is 12.5 Å². The Morgan fingerprint density at radius 1 is 1.15 bits per heavy atom. The summed E-state index contributed by atoms with van der Waals surface area (Å²) in [6, 6.07) is 5.64. The second kappa shape index (κ2) is 9.94. The van der Waals surface area contributed by atoms with E-state index in [1.807, 2.05) is 26.0 Å². The molecule has 1 aliphatic rings. The first-order valence-electron chi connectivity index (χ1n) is 9.48. The highest BCUT2D eigenvalue weighted by atomic mass is 16.5. The molecule has 0 saturated carbocycles. The number of nitrogens with one attached hydrogen (secondary N) is 2. The number of hydrazine groups is 1. The number of aryl methyl sites for hydroxylation is 1. The fourth-order valence-corrected chi connectivity index (χ4v) is 2.92. The first-order valence-corrected chi connectivity index (χ1v) is 9.48. The molecule has 1 aromatic rings. The molecule has 1 atom stereocenters. The monoisotopic (exact) mass is 375 g/mol. The summed E-state index contributed by atoms with van der Waals surface area (Å²) >= 11 is 0. The molecular formula is C20H29N3O4. The maximum absolute atomic E-state index is 12.2. The Balaban J connectivity index is 1.80. The molecule has 2 rings (SSSR count). The molecule has 1 fully saturated rings. The molecule has 7 nitrogen and oxygen atoms in total. The summed E-state index contributed by atoms with van der Waals surface area (Å²) in [4.78, 5) is 37.9. The van der Waals surface area contributed by atoms with E-state index in [1.165, 1.54) is 0 Å². The summed E-state index contributed by atoms with van der Waals surface area (Å²) in [5, 5.41) is 0. The van der Waals surface area contributed by atoms with Crippen molar-refractivity contribution < 1.29 is 19.1 Å². The molecule has 27 heavy (non-hydrogen) atoms. The molecular weight excluding hydrogens is 346 g/mol. The highest BCUT2D eigenvalue weighted by molar-refractivity contribution is 5.87. The molecule has 7 heteroatoms. The van der Waals surface area contributed by atoms with Gasteiger partial charge in [-0.25, -0.2) is 0 Å². The summed E-state index contributed by atoms with van der Waals surface area (Å²) in [5.74, 6) is -0.252. The van der Waals surface area contributed by atoms with E-state index in [0.717, 1.165) is 36.8 Å². The zero-order valence-corrected chi connectivity index (χ0v) is 16.3. The number of carbonyl (C=O) groups is 3. The quantitative estimate of drug-likeness (QED) is 0.771. The number of benzene rings is 1. The SMILES string of the molecule is Cc1cccc(O[C@H](C)C(=O)NNC(=O)CN2CCCCCCC2=O)c1C. The normalized spacial score (nSPS) is 16.1. The number of ether oxygens (including phenoxy) is 1. The van der Waals surface area contributed by atoms with Crippen LogP contribution in [0.1, 0.15) is 50.2 Å². The smallest absolute Gasteiger partial charge is 0.279 e. The summed E-state index contributed by atoms with van der Waals surface area (Å²) < 4.78 is 5.69. The Morgan fingerprint density at radius 2 is 1.89 bits per heavy atom. The van der Waals surface area contributed by atoms with Crippen molar-refractivity contribution in [2.45, 2.75) is 59.0 Å². The van der Waals surface area contributed by atoms with Crippen molar-refractivity contribution in [1.82, 2.24) is 15.8 Å². The Bertz CT molecular complexity index is 690. The molecule has 1 heterocycles. The van der Waals surface area contributed by atoms with Crippen LogP contribution in [0.25, 0.3) is 0 Å². The van der Waals surface area contributed by atoms with Crippen molar-refractivity contribution in [2.75, 3.05) is 13.1 Å². The minimum Gasteiger partial charge on any atom is -0.481 e. The second-order valence-corrected chi connectivity index (χ2v) is 6.98. The van der Waals surface area contributed by atoms with Crippen LogP contribution in [0.4, 0.5) is 0 Å². The van der Waals surface area contributed by atoms with Gasteiger partial charge >= 0.3 is 0 Å². The van der Waals surface area contributed by atoms with Crippen molar-refractivity contribution in [3.8, 4) is 5.75 Å². The molecule has 148 valence electrons. The molecule has 0 aliphatic carbocycles. The Hall–Kier alpha value is -2.57. The zero-order chi connectivity index (χ0) is 19.8. The number of amides is 3. The second-order valence-electron chi connectivity index (χ2n) is 6.98. The van der Waals surface area contributed by atoms with E-state index in [9.17, 15) is 14.4 Å². The first-order chi connectivity index (χ1) is 12.9. The van der Waals surface area contributed by atoms with Gasteiger partial charge in [0.1, 0.15) is 12.3 Å². The predicted molar refractivity (Wildman–Crippen MR) is 102 cm³/mol. The highest BCUT2D eigenvalue weighted by Gasteiger charge is 2.20. The lowest BCUT2D eigenvalue weighted by Gasteiger charge is -2.24. The summed E-state index contributed by atoms with van der Waals surface area (Å²) in [6.07, 6.45) is 3.58.